The molecule has 202 valence electrons. The quantitative estimate of drug-likeness (QED) is 0.349. The molecule has 9 atom stereocenters. The summed E-state index contributed by atoms with van der Waals surface area (Å²) in [6.07, 6.45) is -7.59. The van der Waals surface area contributed by atoms with Gasteiger partial charge in [0.15, 0.2) is 23.0 Å². The van der Waals surface area contributed by atoms with Crippen LogP contribution in [0.5, 0.6) is 23.0 Å². The van der Waals surface area contributed by atoms with Gasteiger partial charge >= 0.3 is 0 Å². The number of aliphatic hydroxyl groups is 4. The molecule has 0 radical (unpaired) electrons. The van der Waals surface area contributed by atoms with Crippen molar-refractivity contribution in [1.29, 1.82) is 0 Å². The first kappa shape index (κ1) is 26.0. The van der Waals surface area contributed by atoms with Gasteiger partial charge in [0.1, 0.15) is 24.4 Å². The predicted octanol–water partition coefficient (Wildman–Crippen LogP) is 0.663. The van der Waals surface area contributed by atoms with Crippen LogP contribution in [-0.4, -0.2) is 90.3 Å². The van der Waals surface area contributed by atoms with Crippen LogP contribution >= 0.6 is 0 Å². The fraction of sp³-hybridized carbons (Fsp3) is 0.538. The largest absolute Gasteiger partial charge is 0.504 e. The third-order valence-electron chi connectivity index (χ3n) is 7.40. The highest BCUT2D eigenvalue weighted by atomic mass is 16.7. The summed E-state index contributed by atoms with van der Waals surface area (Å²) in [6, 6.07) is 10.5. The van der Waals surface area contributed by atoms with E-state index in [1.165, 1.54) is 14.2 Å². The van der Waals surface area contributed by atoms with Gasteiger partial charge in [-0.25, -0.2) is 0 Å². The Bertz CT molecular complexity index is 1090. The summed E-state index contributed by atoms with van der Waals surface area (Å²) in [7, 11) is 2.97. The molecule has 5 N–H and O–H groups in total. The molecule has 0 amide bonds. The second-order valence-corrected chi connectivity index (χ2v) is 9.49. The molecule has 11 heteroatoms. The van der Waals surface area contributed by atoms with Crippen LogP contribution in [0, 0.1) is 11.8 Å². The third-order valence-corrected chi connectivity index (χ3v) is 7.40. The van der Waals surface area contributed by atoms with Crippen molar-refractivity contribution in [3.8, 4) is 23.0 Å². The van der Waals surface area contributed by atoms with Gasteiger partial charge < -0.3 is 54.0 Å². The van der Waals surface area contributed by atoms with E-state index in [-0.39, 0.29) is 35.5 Å². The lowest BCUT2D eigenvalue weighted by atomic mass is 9.85. The lowest BCUT2D eigenvalue weighted by molar-refractivity contribution is -0.277. The molecular weight excluding hydrogens is 488 g/mol. The van der Waals surface area contributed by atoms with Crippen molar-refractivity contribution in [2.75, 3.05) is 34.0 Å². The van der Waals surface area contributed by atoms with E-state index in [9.17, 15) is 25.5 Å². The molecule has 0 aliphatic carbocycles. The zero-order valence-corrected chi connectivity index (χ0v) is 20.5. The van der Waals surface area contributed by atoms with Gasteiger partial charge in [0.05, 0.1) is 46.2 Å². The fourth-order valence-electron chi connectivity index (χ4n) is 5.37. The maximum Gasteiger partial charge on any atom is 0.229 e. The summed E-state index contributed by atoms with van der Waals surface area (Å²) in [6.45, 7) is 0.359. The number of phenols is 1. The normalized spacial score (nSPS) is 35.2. The Morgan fingerprint density at radius 2 is 1.38 bits per heavy atom. The predicted molar refractivity (Wildman–Crippen MR) is 126 cm³/mol. The Kier molecular flexibility index (Phi) is 7.46. The maximum atomic E-state index is 10.4. The van der Waals surface area contributed by atoms with E-state index >= 15 is 0 Å². The Morgan fingerprint density at radius 3 is 1.95 bits per heavy atom. The molecule has 0 spiro atoms. The van der Waals surface area contributed by atoms with Crippen LogP contribution in [-0.2, 0) is 14.2 Å². The summed E-state index contributed by atoms with van der Waals surface area (Å²) in [5.74, 6) is 1.16. The summed E-state index contributed by atoms with van der Waals surface area (Å²) in [4.78, 5) is 0. The standard InChI is InChI=1S/C26H32O11/c1-32-17-5-3-12(7-16(17)28)24-14-10-35-25(15(14)11-34-24)13-4-6-18(33-2)19(8-13)36-26-23(31)22(30)21(29)20(9-27)37-26/h3-8,14-15,20-31H,9-11H2,1-2H3/t14-,15-,20+,21-,22+,23+,24-,25+,26-/m0/s1. The minimum atomic E-state index is -1.56. The maximum absolute atomic E-state index is 10.4. The van der Waals surface area contributed by atoms with Crippen LogP contribution in [0.2, 0.25) is 0 Å². The van der Waals surface area contributed by atoms with Crippen molar-refractivity contribution in [3.05, 3.63) is 47.5 Å². The molecule has 3 saturated heterocycles. The number of hydrogen-bond acceptors (Lipinski definition) is 11. The van der Waals surface area contributed by atoms with Gasteiger partial charge in [-0.2, -0.15) is 0 Å². The zero-order valence-electron chi connectivity index (χ0n) is 20.5. The van der Waals surface area contributed by atoms with Gasteiger partial charge in [-0.3, -0.25) is 0 Å². The molecule has 0 unspecified atom stereocenters. The van der Waals surface area contributed by atoms with Crippen LogP contribution in [0.4, 0.5) is 0 Å². The van der Waals surface area contributed by atoms with Crippen molar-refractivity contribution >= 4 is 0 Å². The number of methoxy groups -OCH3 is 2. The average molecular weight is 521 g/mol. The zero-order chi connectivity index (χ0) is 26.3. The molecule has 11 nitrogen and oxygen atoms in total. The van der Waals surface area contributed by atoms with E-state index in [1.807, 2.05) is 12.1 Å². The van der Waals surface area contributed by atoms with E-state index in [0.29, 0.717) is 24.7 Å². The Balaban J connectivity index is 1.35. The number of aliphatic hydroxyl groups excluding tert-OH is 4. The van der Waals surface area contributed by atoms with Gasteiger partial charge in [0.2, 0.25) is 6.29 Å². The van der Waals surface area contributed by atoms with E-state index in [1.54, 1.807) is 24.3 Å². The average Bonchev–Trinajstić information content (AvgIpc) is 3.51. The summed E-state index contributed by atoms with van der Waals surface area (Å²) in [5, 5.41) is 50.2. The number of rotatable bonds is 7. The van der Waals surface area contributed by atoms with Crippen LogP contribution < -0.4 is 14.2 Å². The lowest BCUT2D eigenvalue weighted by Crippen LogP contribution is -2.60. The summed E-state index contributed by atoms with van der Waals surface area (Å²) >= 11 is 0. The molecule has 3 fully saturated rings. The number of ether oxygens (including phenoxy) is 6. The van der Waals surface area contributed by atoms with Crippen molar-refractivity contribution in [2.24, 2.45) is 11.8 Å². The highest BCUT2D eigenvalue weighted by Gasteiger charge is 2.49. The van der Waals surface area contributed by atoms with Gasteiger partial charge in [-0.05, 0) is 35.4 Å². The van der Waals surface area contributed by atoms with Crippen molar-refractivity contribution < 1.29 is 54.0 Å². The molecule has 2 aromatic rings. The number of fused-ring (bicyclic) bond motifs is 1. The SMILES string of the molecule is COc1ccc([C@@H]2OC[C@H]3[C@@H]2CO[C@@H]3c2ccc(OC)c(O[C@H]3O[C@H](CO)[C@H](O)[C@@H](O)[C@H]3O)c2)cc1O. The molecule has 0 saturated carbocycles. The minimum absolute atomic E-state index is 0.0442. The number of hydrogen-bond donors (Lipinski definition) is 5. The molecule has 0 bridgehead atoms. The Labute approximate surface area is 213 Å². The molecule has 3 aliphatic heterocycles. The highest BCUT2D eigenvalue weighted by molar-refractivity contribution is 5.45. The van der Waals surface area contributed by atoms with Gasteiger partial charge in [-0.1, -0.05) is 12.1 Å². The molecule has 37 heavy (non-hydrogen) atoms. The van der Waals surface area contributed by atoms with Crippen LogP contribution in [0.15, 0.2) is 36.4 Å². The highest BCUT2D eigenvalue weighted by Crippen LogP contribution is 2.51. The number of phenolic OH excluding ortho intramolecular Hbond substituents is 1. The first-order chi connectivity index (χ1) is 17.9. The number of aromatic hydroxyl groups is 1. The van der Waals surface area contributed by atoms with Crippen molar-refractivity contribution in [1.82, 2.24) is 0 Å². The second-order valence-electron chi connectivity index (χ2n) is 9.49. The summed E-state index contributed by atoms with van der Waals surface area (Å²) in [5.41, 5.74) is 1.64. The van der Waals surface area contributed by atoms with E-state index < -0.39 is 37.3 Å². The lowest BCUT2D eigenvalue weighted by Gasteiger charge is -2.39. The van der Waals surface area contributed by atoms with Crippen LogP contribution in [0.1, 0.15) is 23.3 Å². The third kappa shape index (κ3) is 4.72. The topological polar surface area (TPSA) is 157 Å². The fourth-order valence-corrected chi connectivity index (χ4v) is 5.37. The Morgan fingerprint density at radius 1 is 0.784 bits per heavy atom. The van der Waals surface area contributed by atoms with E-state index in [4.69, 9.17) is 28.4 Å². The molecule has 2 aromatic carbocycles. The summed E-state index contributed by atoms with van der Waals surface area (Å²) < 4.78 is 34.2. The van der Waals surface area contributed by atoms with Crippen LogP contribution in [0.3, 0.4) is 0 Å². The molecular formula is C26H32O11. The molecule has 5 rings (SSSR count). The van der Waals surface area contributed by atoms with Gasteiger partial charge in [-0.15, -0.1) is 0 Å². The number of benzene rings is 2. The van der Waals surface area contributed by atoms with Crippen molar-refractivity contribution in [3.63, 3.8) is 0 Å². The van der Waals surface area contributed by atoms with E-state index in [0.717, 1.165) is 11.1 Å². The Hall–Kier alpha value is -2.64. The minimum Gasteiger partial charge on any atom is -0.504 e. The van der Waals surface area contributed by atoms with Crippen LogP contribution in [0.25, 0.3) is 0 Å². The molecule has 3 aliphatic rings. The first-order valence-electron chi connectivity index (χ1n) is 12.1. The molecule has 0 aromatic heterocycles. The monoisotopic (exact) mass is 520 g/mol. The van der Waals surface area contributed by atoms with E-state index in [2.05, 4.69) is 0 Å². The molecule has 3 heterocycles. The first-order valence-corrected chi connectivity index (χ1v) is 12.1. The second kappa shape index (κ2) is 10.6. The van der Waals surface area contributed by atoms with Gasteiger partial charge in [0, 0.05) is 11.8 Å². The van der Waals surface area contributed by atoms with Crippen molar-refractivity contribution in [2.45, 2.75) is 42.9 Å². The smallest absolute Gasteiger partial charge is 0.229 e. The van der Waals surface area contributed by atoms with Gasteiger partial charge in [0.25, 0.3) is 0 Å².